The highest BCUT2D eigenvalue weighted by atomic mass is 16.2. The molecule has 1 aromatic carbocycles. The molecule has 39 heavy (non-hydrogen) atoms. The molecule has 2 saturated heterocycles. The zero-order valence-corrected chi connectivity index (χ0v) is 21.6. The smallest absolute Gasteiger partial charge is 0.255 e. The van der Waals surface area contributed by atoms with E-state index in [4.69, 9.17) is 5.73 Å². The maximum absolute atomic E-state index is 13.7. The van der Waals surface area contributed by atoms with Gasteiger partial charge in [0, 0.05) is 54.9 Å². The van der Waals surface area contributed by atoms with Crippen molar-refractivity contribution in [2.45, 2.75) is 31.3 Å². The number of nitrogens with one attached hydrogen (secondary N) is 3. The van der Waals surface area contributed by atoms with E-state index in [9.17, 15) is 19.2 Å². The Labute approximate surface area is 226 Å². The van der Waals surface area contributed by atoms with Gasteiger partial charge in [-0.1, -0.05) is 18.2 Å². The largest absolute Gasteiger partial charge is 0.368 e. The number of primary amides is 1. The Balaban J connectivity index is 1.37. The Kier molecular flexibility index (Phi) is 7.87. The van der Waals surface area contributed by atoms with Gasteiger partial charge in [0.05, 0.1) is 12.1 Å². The highest BCUT2D eigenvalue weighted by Gasteiger charge is 2.40. The van der Waals surface area contributed by atoms with Crippen LogP contribution in [0.1, 0.15) is 28.8 Å². The molecule has 5 N–H and O–H groups in total. The fraction of sp³-hybridized carbons (Fsp3) is 0.393. The van der Waals surface area contributed by atoms with E-state index in [0.29, 0.717) is 24.9 Å². The fourth-order valence-electron chi connectivity index (χ4n) is 5.44. The van der Waals surface area contributed by atoms with Crippen LogP contribution in [-0.4, -0.2) is 88.2 Å². The van der Waals surface area contributed by atoms with Gasteiger partial charge in [-0.3, -0.25) is 24.2 Å². The van der Waals surface area contributed by atoms with Gasteiger partial charge in [-0.2, -0.15) is 0 Å². The lowest BCUT2D eigenvalue weighted by molar-refractivity contribution is -0.147. The molecule has 0 spiro atoms. The number of hydrogen-bond donors (Lipinski definition) is 4. The maximum Gasteiger partial charge on any atom is 0.255 e. The van der Waals surface area contributed by atoms with Gasteiger partial charge < -0.3 is 31.2 Å². The van der Waals surface area contributed by atoms with E-state index in [-0.39, 0.29) is 37.2 Å². The molecule has 0 bridgehead atoms. The molecule has 2 fully saturated rings. The second-order valence-corrected chi connectivity index (χ2v) is 10.1. The van der Waals surface area contributed by atoms with Crippen molar-refractivity contribution >= 4 is 34.5 Å². The van der Waals surface area contributed by atoms with Crippen molar-refractivity contribution < 1.29 is 19.2 Å². The monoisotopic (exact) mass is 531 g/mol. The van der Waals surface area contributed by atoms with Crippen LogP contribution in [0.25, 0.3) is 10.9 Å². The second-order valence-electron chi connectivity index (χ2n) is 10.1. The summed E-state index contributed by atoms with van der Waals surface area (Å²) >= 11 is 0. The van der Waals surface area contributed by atoms with E-state index in [1.165, 1.54) is 6.20 Å². The van der Waals surface area contributed by atoms with Crippen LogP contribution in [0.3, 0.4) is 0 Å². The summed E-state index contributed by atoms with van der Waals surface area (Å²) in [6, 6.07) is 9.07. The molecule has 0 saturated carbocycles. The Morgan fingerprint density at radius 2 is 1.87 bits per heavy atom. The summed E-state index contributed by atoms with van der Waals surface area (Å²) in [6.45, 7) is 2.00. The molecular formula is C28H33N7O4. The molecular weight excluding hydrogens is 498 g/mol. The summed E-state index contributed by atoms with van der Waals surface area (Å²) in [5.41, 5.74) is 7.88. The fourth-order valence-corrected chi connectivity index (χ4v) is 5.44. The van der Waals surface area contributed by atoms with Crippen molar-refractivity contribution in [3.8, 4) is 0 Å². The Bertz CT molecular complexity index is 1350. The van der Waals surface area contributed by atoms with Gasteiger partial charge in [0.25, 0.3) is 5.91 Å². The summed E-state index contributed by atoms with van der Waals surface area (Å²) < 4.78 is 0. The van der Waals surface area contributed by atoms with Gasteiger partial charge in [0.15, 0.2) is 0 Å². The number of hydrogen-bond acceptors (Lipinski definition) is 6. The number of nitrogens with two attached hydrogens (primary N) is 1. The first-order valence-electron chi connectivity index (χ1n) is 13.3. The molecule has 204 valence electrons. The number of nitrogens with zero attached hydrogens (tertiary/aromatic N) is 3. The normalized spacial score (nSPS) is 19.0. The molecule has 0 radical (unpaired) electrons. The van der Waals surface area contributed by atoms with E-state index < -0.39 is 23.9 Å². The first-order chi connectivity index (χ1) is 18.9. The third-order valence-corrected chi connectivity index (χ3v) is 7.61. The number of para-hydroxylation sites is 1. The molecule has 0 aliphatic carbocycles. The van der Waals surface area contributed by atoms with Crippen LogP contribution in [0.5, 0.6) is 0 Å². The summed E-state index contributed by atoms with van der Waals surface area (Å²) in [5.74, 6) is -1.74. The van der Waals surface area contributed by atoms with Gasteiger partial charge in [-0.25, -0.2) is 0 Å². The summed E-state index contributed by atoms with van der Waals surface area (Å²) in [5, 5.41) is 6.98. The molecule has 4 amide bonds. The number of aromatic amines is 1. The third kappa shape index (κ3) is 5.78. The number of rotatable bonds is 7. The molecule has 4 heterocycles. The van der Waals surface area contributed by atoms with Gasteiger partial charge in [-0.05, 0) is 49.7 Å². The standard InChI is InChI=1S/C28H33N7O4/c29-25(36)23(14-20-16-32-22-6-2-1-5-21(20)22)33-26(37)24-17-34(27(38)19-4-3-9-31-15-19)12-13-35(24)28(39)18-7-10-30-11-8-18/h1-6,9,15-16,18,23-24,30,32H,7-8,10-14,17H2,(H2,29,36)(H,33,37)/t23-,24+/m1/s1. The highest BCUT2D eigenvalue weighted by Crippen LogP contribution is 2.22. The first kappa shape index (κ1) is 26.4. The van der Waals surface area contributed by atoms with Crippen molar-refractivity contribution in [1.29, 1.82) is 0 Å². The van der Waals surface area contributed by atoms with Crippen LogP contribution in [0.2, 0.25) is 0 Å². The number of carbonyl (C=O) groups excluding carboxylic acids is 4. The van der Waals surface area contributed by atoms with Gasteiger partial charge >= 0.3 is 0 Å². The van der Waals surface area contributed by atoms with Crippen LogP contribution in [0.15, 0.2) is 55.0 Å². The lowest BCUT2D eigenvalue weighted by Crippen LogP contribution is -2.64. The number of aromatic nitrogens is 2. The Hall–Kier alpha value is -4.25. The van der Waals surface area contributed by atoms with Crippen LogP contribution >= 0.6 is 0 Å². The van der Waals surface area contributed by atoms with E-state index in [1.54, 1.807) is 34.3 Å². The minimum atomic E-state index is -0.989. The van der Waals surface area contributed by atoms with Crippen LogP contribution < -0.4 is 16.4 Å². The zero-order valence-electron chi connectivity index (χ0n) is 21.6. The number of H-pyrrole nitrogens is 1. The van der Waals surface area contributed by atoms with Crippen molar-refractivity contribution in [3.05, 3.63) is 66.1 Å². The average Bonchev–Trinajstić information content (AvgIpc) is 3.39. The second kappa shape index (κ2) is 11.6. The molecule has 2 aliphatic rings. The molecule has 2 atom stereocenters. The summed E-state index contributed by atoms with van der Waals surface area (Å²) in [4.78, 5) is 63.2. The van der Waals surface area contributed by atoms with Gasteiger partial charge in [-0.15, -0.1) is 0 Å². The number of fused-ring (bicyclic) bond motifs is 1. The number of amides is 4. The number of carbonyl (C=O) groups is 4. The predicted molar refractivity (Wildman–Crippen MR) is 144 cm³/mol. The van der Waals surface area contributed by atoms with E-state index in [0.717, 1.165) is 29.6 Å². The maximum atomic E-state index is 13.7. The van der Waals surface area contributed by atoms with Crippen molar-refractivity contribution in [2.75, 3.05) is 32.7 Å². The predicted octanol–water partition coefficient (Wildman–Crippen LogP) is 0.428. The minimum absolute atomic E-state index is 0.00877. The molecule has 11 heteroatoms. The van der Waals surface area contributed by atoms with Crippen LogP contribution in [0, 0.1) is 5.92 Å². The SMILES string of the molecule is NC(=O)[C@@H](Cc1c[nH]c2ccccc12)NC(=O)[C@@H]1CN(C(=O)c2cccnc2)CCN1C(=O)C1CCNCC1. The van der Waals surface area contributed by atoms with E-state index in [1.807, 2.05) is 24.3 Å². The average molecular weight is 532 g/mol. The number of pyridine rings is 1. The number of benzene rings is 1. The lowest BCUT2D eigenvalue weighted by Gasteiger charge is -2.42. The van der Waals surface area contributed by atoms with Crippen LogP contribution in [0.4, 0.5) is 0 Å². The molecule has 0 unspecified atom stereocenters. The van der Waals surface area contributed by atoms with Crippen LogP contribution in [-0.2, 0) is 20.8 Å². The van der Waals surface area contributed by atoms with Crippen molar-refractivity contribution in [1.82, 2.24) is 30.4 Å². The topological polar surface area (TPSA) is 154 Å². The van der Waals surface area contributed by atoms with E-state index >= 15 is 0 Å². The third-order valence-electron chi connectivity index (χ3n) is 7.61. The summed E-state index contributed by atoms with van der Waals surface area (Å²) in [7, 11) is 0. The number of piperazine rings is 1. The zero-order chi connectivity index (χ0) is 27.4. The Morgan fingerprint density at radius 3 is 2.62 bits per heavy atom. The molecule has 5 rings (SSSR count). The summed E-state index contributed by atoms with van der Waals surface area (Å²) in [6.07, 6.45) is 6.43. The van der Waals surface area contributed by atoms with E-state index in [2.05, 4.69) is 20.6 Å². The minimum Gasteiger partial charge on any atom is -0.368 e. The quantitative estimate of drug-likeness (QED) is 0.347. The Morgan fingerprint density at radius 1 is 1.08 bits per heavy atom. The number of piperidine rings is 1. The molecule has 11 nitrogen and oxygen atoms in total. The van der Waals surface area contributed by atoms with Gasteiger partial charge in [0.1, 0.15) is 12.1 Å². The molecule has 3 aromatic rings. The van der Waals surface area contributed by atoms with Crippen molar-refractivity contribution in [2.24, 2.45) is 11.7 Å². The van der Waals surface area contributed by atoms with Gasteiger partial charge in [0.2, 0.25) is 17.7 Å². The first-order valence-corrected chi connectivity index (χ1v) is 13.3. The molecule has 2 aromatic heterocycles. The molecule has 2 aliphatic heterocycles. The van der Waals surface area contributed by atoms with Crippen molar-refractivity contribution in [3.63, 3.8) is 0 Å². The highest BCUT2D eigenvalue weighted by molar-refractivity contribution is 5.96. The lowest BCUT2D eigenvalue weighted by atomic mass is 9.95.